The summed E-state index contributed by atoms with van der Waals surface area (Å²) < 4.78 is 0. The minimum atomic E-state index is -0.898. The Morgan fingerprint density at radius 3 is 2.55 bits per heavy atom. The maximum absolute atomic E-state index is 11.5. The second kappa shape index (κ2) is 7.51. The molecule has 1 aromatic heterocycles. The number of hydrogen-bond donors (Lipinski definition) is 1. The van der Waals surface area contributed by atoms with Gasteiger partial charge in [0.25, 0.3) is 0 Å². The van der Waals surface area contributed by atoms with E-state index in [1.54, 1.807) is 0 Å². The van der Waals surface area contributed by atoms with Crippen molar-refractivity contribution in [3.8, 4) is 11.3 Å². The van der Waals surface area contributed by atoms with Gasteiger partial charge in [-0.25, -0.2) is 9.78 Å². The van der Waals surface area contributed by atoms with Gasteiger partial charge in [0.15, 0.2) is 0 Å². The molecule has 4 nitrogen and oxygen atoms in total. The lowest BCUT2D eigenvalue weighted by atomic mass is 10.1. The summed E-state index contributed by atoms with van der Waals surface area (Å²) in [4.78, 5) is 18.8. The van der Waals surface area contributed by atoms with Crippen LogP contribution in [0, 0.1) is 6.92 Å². The molecule has 1 aromatic carbocycles. The molecule has 0 aliphatic carbocycles. The first-order chi connectivity index (χ1) is 10.6. The molecule has 22 heavy (non-hydrogen) atoms. The molecule has 0 aliphatic heterocycles. The highest BCUT2D eigenvalue weighted by Gasteiger charge is 2.19. The lowest BCUT2D eigenvalue weighted by Crippen LogP contribution is -2.25. The van der Waals surface area contributed by atoms with Crippen LogP contribution in [0.2, 0.25) is 0 Å². The number of carboxylic acids is 1. The van der Waals surface area contributed by atoms with E-state index >= 15 is 0 Å². The lowest BCUT2D eigenvalue weighted by Gasteiger charge is -2.16. The van der Waals surface area contributed by atoms with Gasteiger partial charge in [-0.1, -0.05) is 38.1 Å². The van der Waals surface area contributed by atoms with E-state index in [9.17, 15) is 9.90 Å². The van der Waals surface area contributed by atoms with Gasteiger partial charge in [0.1, 0.15) is 4.88 Å². The second-order valence-corrected chi connectivity index (χ2v) is 6.27. The van der Waals surface area contributed by atoms with Crippen molar-refractivity contribution in [2.75, 3.05) is 19.6 Å². The Morgan fingerprint density at radius 2 is 1.95 bits per heavy atom. The first-order valence-corrected chi connectivity index (χ1v) is 8.39. The topological polar surface area (TPSA) is 53.4 Å². The van der Waals surface area contributed by atoms with Crippen molar-refractivity contribution in [2.24, 2.45) is 0 Å². The van der Waals surface area contributed by atoms with Crippen LogP contribution in [0.15, 0.2) is 24.3 Å². The van der Waals surface area contributed by atoms with Crippen molar-refractivity contribution in [3.63, 3.8) is 0 Å². The van der Waals surface area contributed by atoms with Gasteiger partial charge in [-0.2, -0.15) is 0 Å². The molecule has 0 saturated heterocycles. The van der Waals surface area contributed by atoms with Crippen molar-refractivity contribution in [3.05, 3.63) is 39.7 Å². The van der Waals surface area contributed by atoms with Crippen molar-refractivity contribution in [1.29, 1.82) is 0 Å². The van der Waals surface area contributed by atoms with Gasteiger partial charge in [0.05, 0.1) is 10.7 Å². The number of carboxylic acid groups (broad SMARTS) is 1. The summed E-state index contributed by atoms with van der Waals surface area (Å²) in [5.41, 5.74) is 2.56. The van der Waals surface area contributed by atoms with Gasteiger partial charge < -0.3 is 10.0 Å². The van der Waals surface area contributed by atoms with Crippen LogP contribution in [-0.4, -0.2) is 40.6 Å². The molecule has 0 atom stereocenters. The fraction of sp³-hybridized carbons (Fsp3) is 0.412. The summed E-state index contributed by atoms with van der Waals surface area (Å²) in [5.74, 6) is -0.898. The largest absolute Gasteiger partial charge is 0.477 e. The minimum Gasteiger partial charge on any atom is -0.477 e. The number of thiazole rings is 1. The van der Waals surface area contributed by atoms with E-state index in [0.717, 1.165) is 42.2 Å². The van der Waals surface area contributed by atoms with Crippen molar-refractivity contribution < 1.29 is 9.90 Å². The van der Waals surface area contributed by atoms with E-state index in [1.807, 2.05) is 31.2 Å². The quantitative estimate of drug-likeness (QED) is 0.845. The van der Waals surface area contributed by atoms with Crippen molar-refractivity contribution in [1.82, 2.24) is 9.88 Å². The van der Waals surface area contributed by atoms with Crippen LogP contribution >= 0.6 is 11.3 Å². The molecule has 0 aliphatic rings. The number of benzene rings is 1. The van der Waals surface area contributed by atoms with Crippen LogP contribution in [-0.2, 0) is 6.42 Å². The Kier molecular flexibility index (Phi) is 5.69. The minimum absolute atomic E-state index is 0.337. The summed E-state index contributed by atoms with van der Waals surface area (Å²) in [6.07, 6.45) is 0.790. The molecule has 0 amide bonds. The molecule has 2 rings (SSSR count). The van der Waals surface area contributed by atoms with E-state index in [4.69, 9.17) is 0 Å². The highest BCUT2D eigenvalue weighted by molar-refractivity contribution is 7.14. The van der Waals surface area contributed by atoms with Crippen LogP contribution < -0.4 is 0 Å². The summed E-state index contributed by atoms with van der Waals surface area (Å²) in [7, 11) is 0. The number of likely N-dealkylation sites (N-methyl/N-ethyl adjacent to an activating group) is 1. The zero-order chi connectivity index (χ0) is 16.1. The number of aryl methyl sites for hydroxylation is 1. The monoisotopic (exact) mass is 318 g/mol. The second-order valence-electron chi connectivity index (χ2n) is 5.18. The average molecular weight is 318 g/mol. The Bertz CT molecular complexity index is 648. The maximum atomic E-state index is 11.5. The predicted molar refractivity (Wildman–Crippen MR) is 90.7 cm³/mol. The van der Waals surface area contributed by atoms with Crippen LogP contribution in [0.25, 0.3) is 11.3 Å². The van der Waals surface area contributed by atoms with E-state index in [1.165, 1.54) is 11.3 Å². The Morgan fingerprint density at radius 1 is 1.27 bits per heavy atom. The Hall–Kier alpha value is -1.72. The summed E-state index contributed by atoms with van der Waals surface area (Å²) in [6.45, 7) is 9.15. The lowest BCUT2D eigenvalue weighted by molar-refractivity contribution is 0.0702. The zero-order valence-electron chi connectivity index (χ0n) is 13.3. The number of aromatic nitrogens is 1. The molecule has 0 spiro atoms. The van der Waals surface area contributed by atoms with E-state index < -0.39 is 5.97 Å². The van der Waals surface area contributed by atoms with Crippen LogP contribution in [0.1, 0.15) is 34.1 Å². The summed E-state index contributed by atoms with van der Waals surface area (Å²) in [6, 6.07) is 7.79. The number of aromatic carboxylic acids is 1. The molecule has 1 N–H and O–H groups in total. The molecular weight excluding hydrogens is 296 g/mol. The number of hydrogen-bond acceptors (Lipinski definition) is 4. The maximum Gasteiger partial charge on any atom is 0.348 e. The highest BCUT2D eigenvalue weighted by atomic mass is 32.1. The van der Waals surface area contributed by atoms with Crippen LogP contribution in [0.4, 0.5) is 0 Å². The van der Waals surface area contributed by atoms with Gasteiger partial charge in [-0.05, 0) is 25.6 Å². The summed E-state index contributed by atoms with van der Waals surface area (Å²) >= 11 is 1.30. The standard InChI is InChI=1S/C17H22N2O2S/c1-4-19(5-2)11-10-14-18-15(16(22-14)17(20)21)13-9-7-6-8-12(13)3/h6-9H,4-5,10-11H2,1-3H3,(H,20,21). The third-order valence-electron chi connectivity index (χ3n) is 3.80. The van der Waals surface area contributed by atoms with Gasteiger partial charge in [0, 0.05) is 18.5 Å². The molecule has 118 valence electrons. The van der Waals surface area contributed by atoms with Crippen molar-refractivity contribution in [2.45, 2.75) is 27.2 Å². The average Bonchev–Trinajstić information content (AvgIpc) is 2.93. The molecule has 2 aromatic rings. The molecule has 1 heterocycles. The molecule has 0 fully saturated rings. The Balaban J connectivity index is 2.31. The predicted octanol–water partition coefficient (Wildman–Crippen LogP) is 3.70. The fourth-order valence-electron chi connectivity index (χ4n) is 2.43. The summed E-state index contributed by atoms with van der Waals surface area (Å²) in [5, 5.41) is 10.4. The van der Waals surface area contributed by atoms with Gasteiger partial charge in [-0.3, -0.25) is 0 Å². The SMILES string of the molecule is CCN(CC)CCc1nc(-c2ccccc2C)c(C(=O)O)s1. The van der Waals surface area contributed by atoms with Gasteiger partial charge in [0.2, 0.25) is 0 Å². The third kappa shape index (κ3) is 3.72. The van der Waals surface area contributed by atoms with Gasteiger partial charge >= 0.3 is 5.97 Å². The fourth-order valence-corrected chi connectivity index (χ4v) is 3.34. The zero-order valence-corrected chi connectivity index (χ0v) is 14.1. The molecule has 0 unspecified atom stereocenters. The molecule has 5 heteroatoms. The molecule has 0 radical (unpaired) electrons. The van der Waals surface area contributed by atoms with E-state index in [-0.39, 0.29) is 0 Å². The van der Waals surface area contributed by atoms with Crippen LogP contribution in [0.5, 0.6) is 0 Å². The number of nitrogens with zero attached hydrogens (tertiary/aromatic N) is 2. The van der Waals surface area contributed by atoms with E-state index in [0.29, 0.717) is 10.6 Å². The first kappa shape index (κ1) is 16.6. The smallest absolute Gasteiger partial charge is 0.348 e. The first-order valence-electron chi connectivity index (χ1n) is 7.58. The van der Waals surface area contributed by atoms with Crippen molar-refractivity contribution >= 4 is 17.3 Å². The molecule has 0 bridgehead atoms. The number of carbonyl (C=O) groups is 1. The number of rotatable bonds is 7. The third-order valence-corrected chi connectivity index (χ3v) is 4.91. The molecule has 0 saturated carbocycles. The normalized spacial score (nSPS) is 11.1. The van der Waals surface area contributed by atoms with Gasteiger partial charge in [-0.15, -0.1) is 11.3 Å². The van der Waals surface area contributed by atoms with E-state index in [2.05, 4.69) is 23.7 Å². The highest BCUT2D eigenvalue weighted by Crippen LogP contribution is 2.30. The Labute approximate surface area is 135 Å². The van der Waals surface area contributed by atoms with Crippen LogP contribution in [0.3, 0.4) is 0 Å². The molecular formula is C17H22N2O2S.